The Morgan fingerprint density at radius 3 is 2.61 bits per heavy atom. The van der Waals surface area contributed by atoms with E-state index in [0.717, 1.165) is 22.5 Å². The first-order chi connectivity index (χ1) is 8.75. The summed E-state index contributed by atoms with van der Waals surface area (Å²) in [6, 6.07) is 13.5. The molecular formula is C15H10FNO. The summed E-state index contributed by atoms with van der Waals surface area (Å²) in [6.45, 7) is 0. The Morgan fingerprint density at radius 1 is 0.944 bits per heavy atom. The highest BCUT2D eigenvalue weighted by atomic mass is 19.1. The molecule has 3 aromatic rings. The summed E-state index contributed by atoms with van der Waals surface area (Å²) in [4.78, 5) is 4.32. The number of aromatic nitrogens is 1. The van der Waals surface area contributed by atoms with E-state index >= 15 is 0 Å². The van der Waals surface area contributed by atoms with E-state index in [1.807, 2.05) is 30.3 Å². The molecule has 0 spiro atoms. The average molecular weight is 239 g/mol. The van der Waals surface area contributed by atoms with Crippen LogP contribution >= 0.6 is 0 Å². The number of benzene rings is 2. The summed E-state index contributed by atoms with van der Waals surface area (Å²) in [5, 5.41) is 10.8. The highest BCUT2D eigenvalue weighted by Gasteiger charge is 2.09. The molecule has 1 aromatic heterocycles. The molecule has 0 aliphatic carbocycles. The van der Waals surface area contributed by atoms with Crippen LogP contribution in [0.25, 0.3) is 22.0 Å². The number of para-hydroxylation sites is 1. The lowest BCUT2D eigenvalue weighted by molar-refractivity contribution is 0.471. The highest BCUT2D eigenvalue weighted by Crippen LogP contribution is 2.33. The van der Waals surface area contributed by atoms with Crippen LogP contribution in [-0.4, -0.2) is 10.1 Å². The standard InChI is InChI=1S/C15H10FNO/c16-11-6-7-12(14(18)9-11)13-5-1-3-10-4-2-8-17-15(10)13/h1-9,18H. The molecule has 0 saturated heterocycles. The van der Waals surface area contributed by atoms with Crippen LogP contribution in [-0.2, 0) is 0 Å². The Bertz CT molecular complexity index is 719. The van der Waals surface area contributed by atoms with Crippen LogP contribution in [0.1, 0.15) is 0 Å². The van der Waals surface area contributed by atoms with Gasteiger partial charge in [0.15, 0.2) is 0 Å². The lowest BCUT2D eigenvalue weighted by Crippen LogP contribution is -1.86. The fourth-order valence-electron chi connectivity index (χ4n) is 2.05. The molecule has 3 heteroatoms. The van der Waals surface area contributed by atoms with Crippen molar-refractivity contribution in [2.45, 2.75) is 0 Å². The van der Waals surface area contributed by atoms with Crippen molar-refractivity contribution >= 4 is 10.9 Å². The molecule has 0 atom stereocenters. The van der Waals surface area contributed by atoms with E-state index in [9.17, 15) is 9.50 Å². The molecule has 88 valence electrons. The molecule has 0 radical (unpaired) electrons. The monoisotopic (exact) mass is 239 g/mol. The van der Waals surface area contributed by atoms with Gasteiger partial charge in [0.1, 0.15) is 11.6 Å². The zero-order valence-electron chi connectivity index (χ0n) is 9.47. The smallest absolute Gasteiger partial charge is 0.126 e. The zero-order valence-corrected chi connectivity index (χ0v) is 9.47. The van der Waals surface area contributed by atoms with Crippen molar-refractivity contribution in [2.75, 3.05) is 0 Å². The normalized spacial score (nSPS) is 10.7. The largest absolute Gasteiger partial charge is 0.507 e. The van der Waals surface area contributed by atoms with Gasteiger partial charge in [-0.05, 0) is 18.2 Å². The fraction of sp³-hybridized carbons (Fsp3) is 0. The minimum atomic E-state index is -0.454. The van der Waals surface area contributed by atoms with Gasteiger partial charge in [-0.25, -0.2) is 4.39 Å². The predicted molar refractivity (Wildman–Crippen MR) is 68.8 cm³/mol. The van der Waals surface area contributed by atoms with Crippen molar-refractivity contribution in [2.24, 2.45) is 0 Å². The van der Waals surface area contributed by atoms with Gasteiger partial charge in [0.2, 0.25) is 0 Å². The van der Waals surface area contributed by atoms with Crippen molar-refractivity contribution in [3.63, 3.8) is 0 Å². The first-order valence-electron chi connectivity index (χ1n) is 5.58. The summed E-state index contributed by atoms with van der Waals surface area (Å²) in [6.07, 6.45) is 1.70. The minimum Gasteiger partial charge on any atom is -0.507 e. The first kappa shape index (κ1) is 10.7. The topological polar surface area (TPSA) is 33.1 Å². The average Bonchev–Trinajstić information content (AvgIpc) is 2.38. The third-order valence-corrected chi connectivity index (χ3v) is 2.88. The second-order valence-corrected chi connectivity index (χ2v) is 4.04. The molecular weight excluding hydrogens is 229 g/mol. The molecule has 0 saturated carbocycles. The Balaban J connectivity index is 2.31. The van der Waals surface area contributed by atoms with Crippen LogP contribution in [0.2, 0.25) is 0 Å². The van der Waals surface area contributed by atoms with Gasteiger partial charge in [-0.2, -0.15) is 0 Å². The molecule has 0 unspecified atom stereocenters. The Labute approximate surface area is 103 Å². The van der Waals surface area contributed by atoms with E-state index in [0.29, 0.717) is 5.56 Å². The molecule has 0 aliphatic heterocycles. The van der Waals surface area contributed by atoms with Crippen LogP contribution in [0.3, 0.4) is 0 Å². The Hall–Kier alpha value is -2.42. The maximum absolute atomic E-state index is 13.0. The quantitative estimate of drug-likeness (QED) is 0.701. The number of aromatic hydroxyl groups is 1. The molecule has 2 nitrogen and oxygen atoms in total. The van der Waals surface area contributed by atoms with Gasteiger partial charge >= 0.3 is 0 Å². The summed E-state index contributed by atoms with van der Waals surface area (Å²) in [5.74, 6) is -0.530. The number of rotatable bonds is 1. The van der Waals surface area contributed by atoms with Gasteiger partial charge in [-0.1, -0.05) is 24.3 Å². The zero-order chi connectivity index (χ0) is 12.5. The van der Waals surface area contributed by atoms with Crippen molar-refractivity contribution in [1.29, 1.82) is 0 Å². The number of hydrogen-bond acceptors (Lipinski definition) is 2. The lowest BCUT2D eigenvalue weighted by Gasteiger charge is -2.07. The van der Waals surface area contributed by atoms with E-state index in [2.05, 4.69) is 4.98 Å². The summed E-state index contributed by atoms with van der Waals surface area (Å²) in [5.41, 5.74) is 2.17. The van der Waals surface area contributed by atoms with Gasteiger partial charge in [0.05, 0.1) is 5.52 Å². The number of halogens is 1. The van der Waals surface area contributed by atoms with E-state index in [-0.39, 0.29) is 5.75 Å². The number of phenolic OH excluding ortho intramolecular Hbond substituents is 1. The number of nitrogens with zero attached hydrogens (tertiary/aromatic N) is 1. The fourth-order valence-corrected chi connectivity index (χ4v) is 2.05. The molecule has 0 aliphatic rings. The van der Waals surface area contributed by atoms with E-state index in [1.54, 1.807) is 12.3 Å². The van der Waals surface area contributed by atoms with Crippen LogP contribution in [0.4, 0.5) is 4.39 Å². The first-order valence-corrected chi connectivity index (χ1v) is 5.58. The highest BCUT2D eigenvalue weighted by molar-refractivity contribution is 5.94. The number of phenols is 1. The lowest BCUT2D eigenvalue weighted by atomic mass is 10.0. The maximum atomic E-state index is 13.0. The molecule has 1 N–H and O–H groups in total. The molecule has 2 aromatic carbocycles. The summed E-state index contributed by atoms with van der Waals surface area (Å²) in [7, 11) is 0. The van der Waals surface area contributed by atoms with Crippen molar-refractivity contribution in [3.05, 3.63) is 60.5 Å². The molecule has 0 bridgehead atoms. The van der Waals surface area contributed by atoms with Crippen LogP contribution in [0.5, 0.6) is 5.75 Å². The van der Waals surface area contributed by atoms with Crippen LogP contribution < -0.4 is 0 Å². The molecule has 3 rings (SSSR count). The predicted octanol–water partition coefficient (Wildman–Crippen LogP) is 3.75. The summed E-state index contributed by atoms with van der Waals surface area (Å²) >= 11 is 0. The number of pyridine rings is 1. The van der Waals surface area contributed by atoms with E-state index in [4.69, 9.17) is 0 Å². The molecule has 18 heavy (non-hydrogen) atoms. The van der Waals surface area contributed by atoms with Gasteiger partial charge in [0.25, 0.3) is 0 Å². The second kappa shape index (κ2) is 4.11. The molecule has 1 heterocycles. The molecule has 0 fully saturated rings. The van der Waals surface area contributed by atoms with Gasteiger partial charge in [-0.3, -0.25) is 4.98 Å². The van der Waals surface area contributed by atoms with Crippen molar-refractivity contribution in [1.82, 2.24) is 4.98 Å². The minimum absolute atomic E-state index is 0.0758. The van der Waals surface area contributed by atoms with Crippen LogP contribution in [0.15, 0.2) is 54.7 Å². The third kappa shape index (κ3) is 1.70. The second-order valence-electron chi connectivity index (χ2n) is 4.04. The van der Waals surface area contributed by atoms with E-state index in [1.165, 1.54) is 6.07 Å². The van der Waals surface area contributed by atoms with E-state index < -0.39 is 5.82 Å². The van der Waals surface area contributed by atoms with Gasteiger partial charge < -0.3 is 5.11 Å². The number of fused-ring (bicyclic) bond motifs is 1. The molecule has 0 amide bonds. The van der Waals surface area contributed by atoms with Gasteiger partial charge in [-0.15, -0.1) is 0 Å². The Kier molecular flexibility index (Phi) is 2.45. The number of hydrogen-bond donors (Lipinski definition) is 1. The van der Waals surface area contributed by atoms with Crippen LogP contribution in [0, 0.1) is 5.82 Å². The Morgan fingerprint density at radius 2 is 1.78 bits per heavy atom. The summed E-state index contributed by atoms with van der Waals surface area (Å²) < 4.78 is 13.0. The maximum Gasteiger partial charge on any atom is 0.126 e. The third-order valence-electron chi connectivity index (χ3n) is 2.88. The van der Waals surface area contributed by atoms with Gasteiger partial charge in [0, 0.05) is 28.8 Å². The SMILES string of the molecule is Oc1cc(F)ccc1-c1cccc2cccnc12. The van der Waals surface area contributed by atoms with Crippen molar-refractivity contribution < 1.29 is 9.50 Å². The van der Waals surface area contributed by atoms with Crippen molar-refractivity contribution in [3.8, 4) is 16.9 Å².